The van der Waals surface area contributed by atoms with Crippen LogP contribution in [0, 0.1) is 6.92 Å². The van der Waals surface area contributed by atoms with E-state index in [1.165, 1.54) is 5.56 Å². The summed E-state index contributed by atoms with van der Waals surface area (Å²) in [5, 5.41) is 3.40. The molecule has 1 aromatic carbocycles. The Kier molecular flexibility index (Phi) is 5.08. The van der Waals surface area contributed by atoms with Gasteiger partial charge in [0.2, 0.25) is 0 Å². The number of nitrogens with one attached hydrogen (secondary N) is 1. The fourth-order valence-electron chi connectivity index (χ4n) is 2.89. The molecule has 1 saturated heterocycles. The molecule has 0 spiro atoms. The molecule has 122 valence electrons. The van der Waals surface area contributed by atoms with Crippen LogP contribution in [0.1, 0.15) is 29.4 Å². The molecule has 2 heterocycles. The van der Waals surface area contributed by atoms with Crippen LogP contribution in [0.5, 0.6) is 5.75 Å². The Bertz CT molecular complexity index is 654. The van der Waals surface area contributed by atoms with Crippen molar-refractivity contribution in [2.45, 2.75) is 25.7 Å². The van der Waals surface area contributed by atoms with E-state index in [-0.39, 0.29) is 0 Å². The van der Waals surface area contributed by atoms with Crippen LogP contribution in [0.3, 0.4) is 0 Å². The fraction of sp³-hybridized carbons (Fsp3) is 0.444. The zero-order chi connectivity index (χ0) is 16.1. The minimum absolute atomic E-state index is 0.395. The molecule has 5 nitrogen and oxygen atoms in total. The standard InChI is InChI=1S/C18H23N3O2/c1-13-20-16(15-8-10-23-12-15)11-18(21-13)19-9-7-14-5-3-4-6-17(14)22-2/h3-6,11,15H,7-10,12H2,1-2H3,(H,19,20,21). The molecule has 0 radical (unpaired) electrons. The SMILES string of the molecule is COc1ccccc1CCNc1cc(C2CCOC2)nc(C)n1. The average molecular weight is 313 g/mol. The van der Waals surface area contributed by atoms with E-state index in [4.69, 9.17) is 9.47 Å². The van der Waals surface area contributed by atoms with Crippen molar-refractivity contribution < 1.29 is 9.47 Å². The van der Waals surface area contributed by atoms with Gasteiger partial charge in [0.1, 0.15) is 17.4 Å². The second-order valence-corrected chi connectivity index (χ2v) is 5.77. The molecule has 0 saturated carbocycles. The molecule has 0 aliphatic carbocycles. The summed E-state index contributed by atoms with van der Waals surface area (Å²) >= 11 is 0. The van der Waals surface area contributed by atoms with Crippen LogP contribution in [-0.4, -0.2) is 36.8 Å². The summed E-state index contributed by atoms with van der Waals surface area (Å²) in [5.41, 5.74) is 2.27. The van der Waals surface area contributed by atoms with E-state index in [0.29, 0.717) is 5.92 Å². The minimum Gasteiger partial charge on any atom is -0.496 e. The molecule has 23 heavy (non-hydrogen) atoms. The van der Waals surface area contributed by atoms with Gasteiger partial charge in [0, 0.05) is 25.1 Å². The lowest BCUT2D eigenvalue weighted by molar-refractivity contribution is 0.193. The number of anilines is 1. The molecule has 5 heteroatoms. The van der Waals surface area contributed by atoms with E-state index >= 15 is 0 Å². The summed E-state index contributed by atoms with van der Waals surface area (Å²) < 4.78 is 10.8. The molecule has 0 amide bonds. The Balaban J connectivity index is 1.63. The molecular weight excluding hydrogens is 290 g/mol. The molecule has 1 N–H and O–H groups in total. The molecule has 1 aromatic heterocycles. The van der Waals surface area contributed by atoms with Gasteiger partial charge in [-0.25, -0.2) is 9.97 Å². The van der Waals surface area contributed by atoms with Gasteiger partial charge in [-0.2, -0.15) is 0 Å². The second kappa shape index (κ2) is 7.42. The third kappa shape index (κ3) is 3.99. The Morgan fingerprint density at radius 3 is 2.96 bits per heavy atom. The number of benzene rings is 1. The first kappa shape index (κ1) is 15.7. The van der Waals surface area contributed by atoms with Crippen LogP contribution in [0.2, 0.25) is 0 Å². The van der Waals surface area contributed by atoms with Crippen molar-refractivity contribution in [3.05, 3.63) is 47.4 Å². The summed E-state index contributed by atoms with van der Waals surface area (Å²) in [6.45, 7) is 4.32. The maximum absolute atomic E-state index is 5.46. The lowest BCUT2D eigenvalue weighted by atomic mass is 10.0. The van der Waals surface area contributed by atoms with Gasteiger partial charge in [0.25, 0.3) is 0 Å². The third-order valence-electron chi connectivity index (χ3n) is 4.10. The Morgan fingerprint density at radius 1 is 1.30 bits per heavy atom. The summed E-state index contributed by atoms with van der Waals surface area (Å²) in [6, 6.07) is 10.1. The van der Waals surface area contributed by atoms with Crippen LogP contribution in [0.25, 0.3) is 0 Å². The van der Waals surface area contributed by atoms with Gasteiger partial charge in [0.05, 0.1) is 19.4 Å². The van der Waals surface area contributed by atoms with Crippen molar-refractivity contribution in [2.75, 3.05) is 32.2 Å². The van der Waals surface area contributed by atoms with Crippen LogP contribution in [-0.2, 0) is 11.2 Å². The Morgan fingerprint density at radius 2 is 2.17 bits per heavy atom. The minimum atomic E-state index is 0.395. The highest BCUT2D eigenvalue weighted by atomic mass is 16.5. The van der Waals surface area contributed by atoms with E-state index in [2.05, 4.69) is 27.4 Å². The highest BCUT2D eigenvalue weighted by Crippen LogP contribution is 2.25. The summed E-state index contributed by atoms with van der Waals surface area (Å²) in [6.07, 6.45) is 1.92. The normalized spacial score (nSPS) is 17.2. The van der Waals surface area contributed by atoms with Gasteiger partial charge in [-0.3, -0.25) is 0 Å². The number of aryl methyl sites for hydroxylation is 1. The number of aromatic nitrogens is 2. The molecule has 1 atom stereocenters. The smallest absolute Gasteiger partial charge is 0.129 e. The summed E-state index contributed by atoms with van der Waals surface area (Å²) in [5.74, 6) is 3.01. The van der Waals surface area contributed by atoms with Gasteiger partial charge >= 0.3 is 0 Å². The molecule has 1 fully saturated rings. The van der Waals surface area contributed by atoms with Crippen molar-refractivity contribution >= 4 is 5.82 Å². The summed E-state index contributed by atoms with van der Waals surface area (Å²) in [7, 11) is 1.70. The summed E-state index contributed by atoms with van der Waals surface area (Å²) in [4.78, 5) is 9.04. The maximum Gasteiger partial charge on any atom is 0.129 e. The molecule has 1 aliphatic rings. The average Bonchev–Trinajstić information content (AvgIpc) is 3.09. The first-order chi connectivity index (χ1) is 11.3. The van der Waals surface area contributed by atoms with Crippen molar-refractivity contribution in [3.63, 3.8) is 0 Å². The largest absolute Gasteiger partial charge is 0.496 e. The van der Waals surface area contributed by atoms with Gasteiger partial charge in [0.15, 0.2) is 0 Å². The number of methoxy groups -OCH3 is 1. The molecule has 0 bridgehead atoms. The fourth-order valence-corrected chi connectivity index (χ4v) is 2.89. The number of ether oxygens (including phenoxy) is 2. The molecule has 1 unspecified atom stereocenters. The van der Waals surface area contributed by atoms with Crippen molar-refractivity contribution in [3.8, 4) is 5.75 Å². The number of para-hydroxylation sites is 1. The van der Waals surface area contributed by atoms with E-state index < -0.39 is 0 Å². The van der Waals surface area contributed by atoms with E-state index in [0.717, 1.165) is 55.7 Å². The third-order valence-corrected chi connectivity index (χ3v) is 4.10. The number of nitrogens with zero attached hydrogens (tertiary/aromatic N) is 2. The van der Waals surface area contributed by atoms with Crippen molar-refractivity contribution in [1.82, 2.24) is 9.97 Å². The zero-order valence-corrected chi connectivity index (χ0v) is 13.7. The van der Waals surface area contributed by atoms with E-state index in [9.17, 15) is 0 Å². The first-order valence-electron chi connectivity index (χ1n) is 8.05. The number of hydrogen-bond acceptors (Lipinski definition) is 5. The zero-order valence-electron chi connectivity index (χ0n) is 13.7. The predicted octanol–water partition coefficient (Wildman–Crippen LogP) is 2.95. The van der Waals surface area contributed by atoms with Crippen molar-refractivity contribution in [1.29, 1.82) is 0 Å². The van der Waals surface area contributed by atoms with E-state index in [1.54, 1.807) is 7.11 Å². The number of rotatable bonds is 6. The van der Waals surface area contributed by atoms with Crippen molar-refractivity contribution in [2.24, 2.45) is 0 Å². The topological polar surface area (TPSA) is 56.3 Å². The van der Waals surface area contributed by atoms with Crippen LogP contribution < -0.4 is 10.1 Å². The second-order valence-electron chi connectivity index (χ2n) is 5.77. The van der Waals surface area contributed by atoms with Crippen LogP contribution >= 0.6 is 0 Å². The Labute approximate surface area is 137 Å². The lowest BCUT2D eigenvalue weighted by Crippen LogP contribution is -2.10. The Hall–Kier alpha value is -2.14. The highest BCUT2D eigenvalue weighted by molar-refractivity contribution is 5.39. The molecule has 1 aliphatic heterocycles. The first-order valence-corrected chi connectivity index (χ1v) is 8.05. The predicted molar refractivity (Wildman–Crippen MR) is 90.1 cm³/mol. The quantitative estimate of drug-likeness (QED) is 0.888. The number of hydrogen-bond donors (Lipinski definition) is 1. The molecular formula is C18H23N3O2. The van der Waals surface area contributed by atoms with Crippen LogP contribution in [0.4, 0.5) is 5.82 Å². The van der Waals surface area contributed by atoms with Gasteiger partial charge in [-0.05, 0) is 31.4 Å². The molecule has 3 rings (SSSR count). The van der Waals surface area contributed by atoms with Gasteiger partial charge in [-0.1, -0.05) is 18.2 Å². The monoisotopic (exact) mass is 313 g/mol. The van der Waals surface area contributed by atoms with E-state index in [1.807, 2.05) is 25.1 Å². The maximum atomic E-state index is 5.46. The van der Waals surface area contributed by atoms with Gasteiger partial charge in [-0.15, -0.1) is 0 Å². The van der Waals surface area contributed by atoms with Crippen LogP contribution in [0.15, 0.2) is 30.3 Å². The molecule has 2 aromatic rings. The van der Waals surface area contributed by atoms with Gasteiger partial charge < -0.3 is 14.8 Å². The lowest BCUT2D eigenvalue weighted by Gasteiger charge is -2.12. The highest BCUT2D eigenvalue weighted by Gasteiger charge is 2.20.